The number of esters is 1. The molecule has 0 fully saturated rings. The summed E-state index contributed by atoms with van der Waals surface area (Å²) in [7, 11) is 0. The molecule has 134 valence electrons. The molecule has 2 atom stereocenters. The van der Waals surface area contributed by atoms with E-state index < -0.39 is 18.2 Å². The lowest BCUT2D eigenvalue weighted by atomic mass is 10.0. The van der Waals surface area contributed by atoms with Crippen LogP contribution in [0.4, 0.5) is 0 Å². The molecule has 2 aromatic carbocycles. The van der Waals surface area contributed by atoms with Crippen LogP contribution in [0.1, 0.15) is 18.1 Å². The van der Waals surface area contributed by atoms with Gasteiger partial charge in [-0.3, -0.25) is 4.79 Å². The van der Waals surface area contributed by atoms with Crippen LogP contribution in [-0.4, -0.2) is 34.6 Å². The molecule has 0 bridgehead atoms. The Morgan fingerprint density at radius 2 is 1.92 bits per heavy atom. The number of rotatable bonds is 8. The molecule has 2 rings (SSSR count). The predicted molar refractivity (Wildman–Crippen MR) is 106 cm³/mol. The van der Waals surface area contributed by atoms with Crippen LogP contribution < -0.4 is 4.74 Å². The van der Waals surface area contributed by atoms with Crippen molar-refractivity contribution in [3.63, 3.8) is 0 Å². The summed E-state index contributed by atoms with van der Waals surface area (Å²) >= 11 is 5.96. The molecule has 0 saturated heterocycles. The highest BCUT2D eigenvalue weighted by molar-refractivity contribution is 14.1. The van der Waals surface area contributed by atoms with Crippen LogP contribution in [0, 0.1) is 3.57 Å². The lowest BCUT2D eigenvalue weighted by Crippen LogP contribution is -2.28. The summed E-state index contributed by atoms with van der Waals surface area (Å²) in [5, 5.41) is 20.8. The largest absolute Gasteiger partial charge is 0.508 e. The van der Waals surface area contributed by atoms with Crippen molar-refractivity contribution in [2.75, 3.05) is 12.4 Å². The number of aliphatic hydroxyl groups is 1. The second-order valence-electron chi connectivity index (χ2n) is 5.28. The average Bonchev–Trinajstić information content (AvgIpc) is 2.63. The van der Waals surface area contributed by atoms with Crippen LogP contribution in [0.25, 0.3) is 0 Å². The van der Waals surface area contributed by atoms with Gasteiger partial charge in [0.05, 0.1) is 12.4 Å². The van der Waals surface area contributed by atoms with E-state index in [0.717, 1.165) is 3.57 Å². The zero-order valence-electron chi connectivity index (χ0n) is 13.3. The summed E-state index contributed by atoms with van der Waals surface area (Å²) in [4.78, 5) is 11.2. The Hall–Kier alpha value is -1.45. The molecule has 0 aliphatic carbocycles. The third-order valence-electron chi connectivity index (χ3n) is 3.49. The smallest absolute Gasteiger partial charge is 0.315 e. The third kappa shape index (κ3) is 6.09. The highest BCUT2D eigenvalue weighted by Gasteiger charge is 2.26. The Morgan fingerprint density at radius 3 is 2.60 bits per heavy atom. The van der Waals surface area contributed by atoms with E-state index in [1.165, 1.54) is 6.07 Å². The van der Waals surface area contributed by atoms with Crippen molar-refractivity contribution in [1.82, 2.24) is 0 Å². The molecule has 0 heterocycles. The van der Waals surface area contributed by atoms with Crippen LogP contribution in [0.3, 0.4) is 0 Å². The first-order chi connectivity index (χ1) is 12.0. The molecule has 0 unspecified atom stereocenters. The van der Waals surface area contributed by atoms with Crippen LogP contribution >= 0.6 is 35.2 Å². The monoisotopic (exact) mass is 474 g/mol. The van der Waals surface area contributed by atoms with Crippen LogP contribution in [0.5, 0.6) is 11.5 Å². The van der Waals surface area contributed by atoms with Gasteiger partial charge < -0.3 is 19.7 Å². The van der Waals surface area contributed by atoms with Crippen LogP contribution in [-0.2, 0) is 9.53 Å². The first kappa shape index (κ1) is 19.9. The third-order valence-corrected chi connectivity index (χ3v) is 4.41. The lowest BCUT2D eigenvalue weighted by molar-refractivity contribution is -0.141. The summed E-state index contributed by atoms with van der Waals surface area (Å²) in [6, 6.07) is 14.0. The molecular weight excluding hydrogens is 455 g/mol. The first-order valence-electron chi connectivity index (χ1n) is 7.66. The van der Waals surface area contributed by atoms with Gasteiger partial charge in [-0.15, -0.1) is 0 Å². The van der Waals surface area contributed by atoms with Gasteiger partial charge in [0, 0.05) is 15.6 Å². The minimum atomic E-state index is -1.08. The Labute approximate surface area is 165 Å². The first-order valence-corrected chi connectivity index (χ1v) is 9.37. The molecule has 0 aliphatic rings. The minimum Gasteiger partial charge on any atom is -0.508 e. The summed E-state index contributed by atoms with van der Waals surface area (Å²) in [6.45, 7) is 0.0820. The molecule has 0 amide bonds. The number of carbonyl (C=O) groups is 1. The molecule has 0 aromatic heterocycles. The highest BCUT2D eigenvalue weighted by Crippen LogP contribution is 2.31. The zero-order chi connectivity index (χ0) is 18.2. The molecule has 5 nitrogen and oxygen atoms in total. The number of ether oxygens (including phenoxy) is 2. The van der Waals surface area contributed by atoms with Gasteiger partial charge in [-0.2, -0.15) is 12.6 Å². The molecule has 0 radical (unpaired) electrons. The van der Waals surface area contributed by atoms with Gasteiger partial charge in [0.25, 0.3) is 0 Å². The molecular formula is C18H19IO5S. The molecule has 25 heavy (non-hydrogen) atoms. The fourth-order valence-electron chi connectivity index (χ4n) is 2.25. The van der Waals surface area contributed by atoms with Crippen LogP contribution in [0.15, 0.2) is 48.5 Å². The number of thiol groups is 1. The van der Waals surface area contributed by atoms with E-state index in [1.54, 1.807) is 24.3 Å². The number of halogens is 1. The Morgan fingerprint density at radius 1 is 1.20 bits per heavy atom. The number of para-hydroxylation sites is 1. The lowest BCUT2D eigenvalue weighted by Gasteiger charge is -2.25. The molecule has 7 heteroatoms. The molecule has 0 aliphatic heterocycles. The number of benzene rings is 2. The maximum Gasteiger partial charge on any atom is 0.315 e. The fraction of sp³-hybridized carbons (Fsp3) is 0.278. The normalized spacial score (nSPS) is 13.1. The highest BCUT2D eigenvalue weighted by atomic mass is 127. The summed E-state index contributed by atoms with van der Waals surface area (Å²) in [5.74, 6) is 0.122. The van der Waals surface area contributed by atoms with Gasteiger partial charge in [-0.1, -0.05) is 18.2 Å². The molecule has 0 saturated carbocycles. The van der Waals surface area contributed by atoms with Gasteiger partial charge in [0.1, 0.15) is 23.7 Å². The van der Waals surface area contributed by atoms with Crippen molar-refractivity contribution in [3.05, 3.63) is 57.7 Å². The Balaban J connectivity index is 2.16. The van der Waals surface area contributed by atoms with Crippen molar-refractivity contribution in [2.24, 2.45) is 0 Å². The molecule has 0 spiro atoms. The summed E-state index contributed by atoms with van der Waals surface area (Å²) < 4.78 is 11.8. The standard InChI is InChI=1S/C18H19IO5S/c19-12-6-7-15(20)14(10-12)18(22)16(8-9-23-17(21)11-25)24-13-4-2-1-3-5-13/h1-7,10,16,18,20,22,25H,8-9,11H2/t16-,18-/m0/s1. The zero-order valence-corrected chi connectivity index (χ0v) is 16.4. The van der Waals surface area contributed by atoms with E-state index in [-0.39, 0.29) is 24.5 Å². The maximum absolute atomic E-state index is 11.2. The predicted octanol–water partition coefficient (Wildman–Crippen LogP) is 3.34. The van der Waals surface area contributed by atoms with E-state index in [9.17, 15) is 15.0 Å². The summed E-state index contributed by atoms with van der Waals surface area (Å²) in [6.07, 6.45) is -1.51. The number of phenols is 1. The van der Waals surface area contributed by atoms with Crippen LogP contribution in [0.2, 0.25) is 0 Å². The van der Waals surface area contributed by atoms with E-state index >= 15 is 0 Å². The Kier molecular flexibility index (Phi) is 7.86. The molecule has 2 N–H and O–H groups in total. The summed E-state index contributed by atoms with van der Waals surface area (Å²) in [5.41, 5.74) is 0.369. The molecule has 2 aromatic rings. The maximum atomic E-state index is 11.2. The van der Waals surface area contributed by atoms with E-state index in [1.807, 2.05) is 18.2 Å². The van der Waals surface area contributed by atoms with E-state index in [4.69, 9.17) is 9.47 Å². The van der Waals surface area contributed by atoms with Gasteiger partial charge in [-0.05, 0) is 52.9 Å². The van der Waals surface area contributed by atoms with Gasteiger partial charge in [0.15, 0.2) is 0 Å². The van der Waals surface area contributed by atoms with Crippen molar-refractivity contribution in [2.45, 2.75) is 18.6 Å². The fourth-order valence-corrected chi connectivity index (χ4v) is 2.86. The second-order valence-corrected chi connectivity index (χ2v) is 6.85. The average molecular weight is 474 g/mol. The van der Waals surface area contributed by atoms with E-state index in [0.29, 0.717) is 11.3 Å². The number of carbonyl (C=O) groups excluding carboxylic acids is 1. The SMILES string of the molecule is O=C(CS)OCC[C@H](Oc1ccccc1)[C@@H](O)c1cc(I)ccc1O. The number of aromatic hydroxyl groups is 1. The second kappa shape index (κ2) is 9.88. The van der Waals surface area contributed by atoms with Crippen molar-refractivity contribution in [1.29, 1.82) is 0 Å². The number of phenolic OH excluding ortho intramolecular Hbond substituents is 1. The van der Waals surface area contributed by atoms with Gasteiger partial charge >= 0.3 is 5.97 Å². The van der Waals surface area contributed by atoms with Gasteiger partial charge in [0.2, 0.25) is 0 Å². The Bertz CT molecular complexity index is 695. The topological polar surface area (TPSA) is 76.0 Å². The van der Waals surface area contributed by atoms with Crippen molar-refractivity contribution < 1.29 is 24.5 Å². The number of aliphatic hydroxyl groups excluding tert-OH is 1. The van der Waals surface area contributed by atoms with Crippen molar-refractivity contribution in [3.8, 4) is 11.5 Å². The van der Waals surface area contributed by atoms with Crippen molar-refractivity contribution >= 4 is 41.2 Å². The quantitative estimate of drug-likeness (QED) is 0.311. The number of hydrogen-bond acceptors (Lipinski definition) is 6. The van der Waals surface area contributed by atoms with Gasteiger partial charge in [-0.25, -0.2) is 0 Å². The minimum absolute atomic E-state index is 0.00949. The number of hydrogen-bond donors (Lipinski definition) is 3. The van der Waals surface area contributed by atoms with E-state index in [2.05, 4.69) is 35.2 Å².